The highest BCUT2D eigenvalue weighted by Gasteiger charge is 2.21. The van der Waals surface area contributed by atoms with Gasteiger partial charge in [-0.05, 0) is 80.1 Å². The number of carbonyl (C=O) groups excluding carboxylic acids is 2. The van der Waals surface area contributed by atoms with Crippen LogP contribution in [0.2, 0.25) is 0 Å². The van der Waals surface area contributed by atoms with Gasteiger partial charge in [-0.25, -0.2) is 0 Å². The van der Waals surface area contributed by atoms with Crippen molar-refractivity contribution >= 4 is 29.8 Å². The number of amides is 1. The van der Waals surface area contributed by atoms with Crippen LogP contribution in [-0.4, -0.2) is 18.3 Å². The summed E-state index contributed by atoms with van der Waals surface area (Å²) in [4.78, 5) is 23.5. The Kier molecular flexibility index (Phi) is 7.88. The molecule has 0 saturated heterocycles. The topological polar surface area (TPSA) is 81.4 Å². The third-order valence-corrected chi connectivity index (χ3v) is 4.89. The van der Waals surface area contributed by atoms with E-state index in [1.807, 2.05) is 18.2 Å². The standard InChI is InChI=1S/C22H26N2O3.ClH/c1-15(25)16-7-10-19(11-8-16)27-13-3-6-22(26)24-21-5-2-4-17-14-18(23)9-12-20(17)21;/h7-12,14,21H,2-6,13,23H2,1H3,(H,24,26);1H. The fourth-order valence-corrected chi connectivity index (χ4v) is 3.46. The molecule has 1 atom stereocenters. The smallest absolute Gasteiger partial charge is 0.220 e. The summed E-state index contributed by atoms with van der Waals surface area (Å²) in [5.41, 5.74) is 9.72. The van der Waals surface area contributed by atoms with Crippen LogP contribution in [0.1, 0.15) is 60.1 Å². The number of hydrogen-bond acceptors (Lipinski definition) is 4. The molecule has 28 heavy (non-hydrogen) atoms. The average Bonchev–Trinajstić information content (AvgIpc) is 2.65. The van der Waals surface area contributed by atoms with E-state index in [0.29, 0.717) is 30.8 Å². The van der Waals surface area contributed by atoms with Gasteiger partial charge in [0.2, 0.25) is 5.91 Å². The SMILES string of the molecule is CC(=O)c1ccc(OCCCC(=O)NC2CCCc3cc(N)ccc32)cc1.Cl. The minimum atomic E-state index is 0. The molecule has 0 spiro atoms. The fourth-order valence-electron chi connectivity index (χ4n) is 3.46. The second-order valence-corrected chi connectivity index (χ2v) is 7.00. The van der Waals surface area contributed by atoms with Gasteiger partial charge in [-0.3, -0.25) is 9.59 Å². The van der Waals surface area contributed by atoms with Crippen molar-refractivity contribution in [3.05, 3.63) is 59.2 Å². The fraction of sp³-hybridized carbons (Fsp3) is 0.364. The number of aryl methyl sites for hydroxylation is 1. The van der Waals surface area contributed by atoms with Gasteiger partial charge < -0.3 is 15.8 Å². The maximum Gasteiger partial charge on any atom is 0.220 e. The summed E-state index contributed by atoms with van der Waals surface area (Å²) >= 11 is 0. The molecule has 0 saturated carbocycles. The number of nitrogens with two attached hydrogens (primary N) is 1. The summed E-state index contributed by atoms with van der Waals surface area (Å²) in [6, 6.07) is 13.1. The number of carbonyl (C=O) groups is 2. The molecule has 5 nitrogen and oxygen atoms in total. The van der Waals surface area contributed by atoms with E-state index in [9.17, 15) is 9.59 Å². The Morgan fingerprint density at radius 2 is 1.93 bits per heavy atom. The van der Waals surface area contributed by atoms with E-state index >= 15 is 0 Å². The first-order chi connectivity index (χ1) is 13.0. The lowest BCUT2D eigenvalue weighted by molar-refractivity contribution is -0.122. The third kappa shape index (κ3) is 5.73. The number of fused-ring (bicyclic) bond motifs is 1. The van der Waals surface area contributed by atoms with Crippen molar-refractivity contribution in [3.8, 4) is 5.75 Å². The monoisotopic (exact) mass is 402 g/mol. The molecule has 2 aromatic carbocycles. The van der Waals surface area contributed by atoms with E-state index in [0.717, 1.165) is 24.9 Å². The van der Waals surface area contributed by atoms with Gasteiger partial charge in [-0.1, -0.05) is 6.07 Å². The summed E-state index contributed by atoms with van der Waals surface area (Å²) in [5, 5.41) is 3.14. The second-order valence-electron chi connectivity index (χ2n) is 7.00. The molecule has 0 radical (unpaired) electrons. The number of ketones is 1. The number of ether oxygens (including phenoxy) is 1. The number of halogens is 1. The number of rotatable bonds is 7. The van der Waals surface area contributed by atoms with Crippen LogP contribution in [0.15, 0.2) is 42.5 Å². The Bertz CT molecular complexity index is 821. The molecule has 0 aliphatic heterocycles. The highest BCUT2D eigenvalue weighted by atomic mass is 35.5. The van der Waals surface area contributed by atoms with Crippen LogP contribution in [0.5, 0.6) is 5.75 Å². The Labute approximate surface area is 172 Å². The van der Waals surface area contributed by atoms with Crippen molar-refractivity contribution in [2.24, 2.45) is 0 Å². The molecular formula is C22H27ClN2O3. The molecule has 150 valence electrons. The minimum Gasteiger partial charge on any atom is -0.494 e. The van der Waals surface area contributed by atoms with Gasteiger partial charge in [-0.15, -0.1) is 12.4 Å². The van der Waals surface area contributed by atoms with Crippen molar-refractivity contribution in [3.63, 3.8) is 0 Å². The number of hydrogen-bond donors (Lipinski definition) is 2. The first-order valence-electron chi connectivity index (χ1n) is 9.44. The highest BCUT2D eigenvalue weighted by molar-refractivity contribution is 5.94. The van der Waals surface area contributed by atoms with Gasteiger partial charge in [-0.2, -0.15) is 0 Å². The minimum absolute atomic E-state index is 0. The van der Waals surface area contributed by atoms with Gasteiger partial charge in [0.1, 0.15) is 5.75 Å². The number of anilines is 1. The molecule has 3 rings (SSSR count). The van der Waals surface area contributed by atoms with Crippen molar-refractivity contribution < 1.29 is 14.3 Å². The predicted molar refractivity (Wildman–Crippen MR) is 113 cm³/mol. The molecule has 1 amide bonds. The van der Waals surface area contributed by atoms with Crippen LogP contribution in [0.3, 0.4) is 0 Å². The Hall–Kier alpha value is -2.53. The lowest BCUT2D eigenvalue weighted by atomic mass is 9.87. The van der Waals surface area contributed by atoms with E-state index < -0.39 is 0 Å². The highest BCUT2D eigenvalue weighted by Crippen LogP contribution is 2.31. The first kappa shape index (κ1) is 21.8. The van der Waals surface area contributed by atoms with Crippen LogP contribution in [0.25, 0.3) is 0 Å². The predicted octanol–water partition coefficient (Wildman–Crippen LogP) is 4.25. The molecule has 6 heteroatoms. The molecule has 3 N–H and O–H groups in total. The van der Waals surface area contributed by atoms with Crippen molar-refractivity contribution in [2.45, 2.75) is 45.1 Å². The quantitative estimate of drug-likeness (QED) is 0.412. The molecule has 1 unspecified atom stereocenters. The largest absolute Gasteiger partial charge is 0.494 e. The summed E-state index contributed by atoms with van der Waals surface area (Å²) in [5.74, 6) is 0.782. The van der Waals surface area contributed by atoms with E-state index in [1.54, 1.807) is 24.3 Å². The van der Waals surface area contributed by atoms with Gasteiger partial charge >= 0.3 is 0 Å². The average molecular weight is 403 g/mol. The lowest BCUT2D eigenvalue weighted by Crippen LogP contribution is -2.31. The van der Waals surface area contributed by atoms with Crippen molar-refractivity contribution in [1.29, 1.82) is 0 Å². The number of nitrogen functional groups attached to an aromatic ring is 1. The molecule has 0 fully saturated rings. The van der Waals surface area contributed by atoms with Gasteiger partial charge in [0.25, 0.3) is 0 Å². The molecule has 1 aliphatic rings. The second kappa shape index (κ2) is 10.1. The number of Topliss-reactive ketones (excluding diaryl/α,β-unsaturated/α-hetero) is 1. The van der Waals surface area contributed by atoms with Gasteiger partial charge in [0.05, 0.1) is 12.6 Å². The molecule has 2 aromatic rings. The van der Waals surface area contributed by atoms with Crippen LogP contribution in [0.4, 0.5) is 5.69 Å². The summed E-state index contributed by atoms with van der Waals surface area (Å²) in [6.07, 6.45) is 4.10. The van der Waals surface area contributed by atoms with E-state index in [-0.39, 0.29) is 30.1 Å². The molecule has 1 aliphatic carbocycles. The zero-order valence-electron chi connectivity index (χ0n) is 16.1. The van der Waals surface area contributed by atoms with Crippen molar-refractivity contribution in [1.82, 2.24) is 5.32 Å². The van der Waals surface area contributed by atoms with Crippen LogP contribution in [-0.2, 0) is 11.2 Å². The zero-order chi connectivity index (χ0) is 19.2. The van der Waals surface area contributed by atoms with Gasteiger partial charge in [0, 0.05) is 17.7 Å². The molecule has 0 heterocycles. The maximum absolute atomic E-state index is 12.3. The lowest BCUT2D eigenvalue weighted by Gasteiger charge is -2.26. The Morgan fingerprint density at radius 1 is 1.18 bits per heavy atom. The van der Waals surface area contributed by atoms with Crippen LogP contribution >= 0.6 is 12.4 Å². The number of nitrogens with one attached hydrogen (secondary N) is 1. The number of benzene rings is 2. The van der Waals surface area contributed by atoms with Crippen LogP contribution in [0, 0.1) is 0 Å². The zero-order valence-corrected chi connectivity index (χ0v) is 16.9. The third-order valence-electron chi connectivity index (χ3n) is 4.89. The molecule has 0 aromatic heterocycles. The van der Waals surface area contributed by atoms with E-state index in [1.165, 1.54) is 18.1 Å². The Balaban J connectivity index is 0.00000280. The Morgan fingerprint density at radius 3 is 2.64 bits per heavy atom. The van der Waals surface area contributed by atoms with Crippen LogP contribution < -0.4 is 15.8 Å². The summed E-state index contributed by atoms with van der Waals surface area (Å²) in [7, 11) is 0. The first-order valence-corrected chi connectivity index (χ1v) is 9.44. The maximum atomic E-state index is 12.3. The van der Waals surface area contributed by atoms with Crippen molar-refractivity contribution in [2.75, 3.05) is 12.3 Å². The summed E-state index contributed by atoms with van der Waals surface area (Å²) in [6.45, 7) is 2.00. The van der Waals surface area contributed by atoms with E-state index in [2.05, 4.69) is 5.32 Å². The van der Waals surface area contributed by atoms with Gasteiger partial charge in [0.15, 0.2) is 5.78 Å². The molecular weight excluding hydrogens is 376 g/mol. The van der Waals surface area contributed by atoms with E-state index in [4.69, 9.17) is 10.5 Å². The normalized spacial score (nSPS) is 15.1. The molecule has 0 bridgehead atoms. The summed E-state index contributed by atoms with van der Waals surface area (Å²) < 4.78 is 5.65.